The van der Waals surface area contributed by atoms with Crippen LogP contribution in [-0.2, 0) is 6.54 Å². The second-order valence-corrected chi connectivity index (χ2v) is 6.06. The van der Waals surface area contributed by atoms with Crippen LogP contribution in [0, 0.1) is 0 Å². The third kappa shape index (κ3) is 4.64. The quantitative estimate of drug-likeness (QED) is 0.675. The summed E-state index contributed by atoms with van der Waals surface area (Å²) in [5.41, 5.74) is 3.34. The van der Waals surface area contributed by atoms with Crippen molar-refractivity contribution >= 4 is 0 Å². The van der Waals surface area contributed by atoms with Crippen LogP contribution in [0.4, 0.5) is 0 Å². The van der Waals surface area contributed by atoms with Gasteiger partial charge in [-0.05, 0) is 44.3 Å². The smallest absolute Gasteiger partial charge is 0.163 e. The molecule has 0 atom stereocenters. The third-order valence-corrected chi connectivity index (χ3v) is 3.97. The first-order chi connectivity index (χ1) is 12.3. The van der Waals surface area contributed by atoms with Crippen molar-refractivity contribution in [2.75, 3.05) is 13.6 Å². The van der Waals surface area contributed by atoms with Crippen molar-refractivity contribution in [2.45, 2.75) is 26.3 Å². The topological polar surface area (TPSA) is 66.9 Å². The van der Waals surface area contributed by atoms with E-state index < -0.39 is 0 Å². The lowest BCUT2D eigenvalue weighted by atomic mass is 10.1. The number of nitrogens with one attached hydrogen (secondary N) is 1. The van der Waals surface area contributed by atoms with Gasteiger partial charge in [-0.15, -0.1) is 0 Å². The molecule has 0 saturated carbocycles. The number of ether oxygens (including phenoxy) is 1. The number of rotatable bonds is 8. The van der Waals surface area contributed by atoms with Gasteiger partial charge in [-0.25, -0.2) is 9.97 Å². The van der Waals surface area contributed by atoms with Crippen LogP contribution in [0.5, 0.6) is 11.5 Å². The number of unbranched alkanes of at least 4 members (excludes halogenated alkanes) is 1. The predicted octanol–water partition coefficient (Wildman–Crippen LogP) is 3.89. The van der Waals surface area contributed by atoms with Crippen LogP contribution in [0.1, 0.15) is 25.3 Å². The molecule has 3 aromatic rings. The first-order valence-electron chi connectivity index (χ1n) is 8.50. The molecule has 130 valence electrons. The van der Waals surface area contributed by atoms with Crippen molar-refractivity contribution < 1.29 is 4.74 Å². The lowest BCUT2D eigenvalue weighted by Gasteiger charge is -2.16. The Labute approximate surface area is 147 Å². The summed E-state index contributed by atoms with van der Waals surface area (Å²) in [4.78, 5) is 10.2. The van der Waals surface area contributed by atoms with Gasteiger partial charge < -0.3 is 9.64 Å². The number of aromatic nitrogens is 4. The molecular weight excluding hydrogens is 314 g/mol. The van der Waals surface area contributed by atoms with Gasteiger partial charge in [0.25, 0.3) is 0 Å². The zero-order chi connectivity index (χ0) is 17.5. The summed E-state index contributed by atoms with van der Waals surface area (Å²) in [5, 5.41) is 7.34. The first-order valence-corrected chi connectivity index (χ1v) is 8.50. The van der Waals surface area contributed by atoms with E-state index in [4.69, 9.17) is 4.74 Å². The molecule has 1 aromatic carbocycles. The molecule has 0 radical (unpaired) electrons. The van der Waals surface area contributed by atoms with Crippen LogP contribution in [0.3, 0.4) is 0 Å². The van der Waals surface area contributed by atoms with Crippen LogP contribution in [0.2, 0.25) is 0 Å². The lowest BCUT2D eigenvalue weighted by molar-refractivity contribution is 0.321. The van der Waals surface area contributed by atoms with E-state index in [0.29, 0.717) is 5.75 Å². The molecule has 6 nitrogen and oxygen atoms in total. The zero-order valence-electron chi connectivity index (χ0n) is 14.6. The molecule has 2 aromatic heterocycles. The van der Waals surface area contributed by atoms with Crippen LogP contribution >= 0.6 is 0 Å². The maximum Gasteiger partial charge on any atom is 0.163 e. The number of nitrogens with zero attached hydrogens (tertiary/aromatic N) is 4. The average Bonchev–Trinajstić information content (AvgIpc) is 3.09. The monoisotopic (exact) mass is 337 g/mol. The Morgan fingerprint density at radius 3 is 2.52 bits per heavy atom. The SMILES string of the molecule is CCCCN(C)Cc1cn[nH]c1-c1ccc(Oc2cncnc2)cc1. The Balaban J connectivity index is 1.69. The molecule has 0 fully saturated rings. The summed E-state index contributed by atoms with van der Waals surface area (Å²) < 4.78 is 5.73. The van der Waals surface area contributed by atoms with Crippen LogP contribution in [-0.4, -0.2) is 38.7 Å². The number of aromatic amines is 1. The zero-order valence-corrected chi connectivity index (χ0v) is 14.6. The van der Waals surface area contributed by atoms with E-state index in [1.165, 1.54) is 24.7 Å². The molecule has 1 N–H and O–H groups in total. The molecule has 25 heavy (non-hydrogen) atoms. The van der Waals surface area contributed by atoms with Gasteiger partial charge in [-0.3, -0.25) is 5.10 Å². The number of H-pyrrole nitrogens is 1. The standard InChI is InChI=1S/C19H23N5O/c1-3-4-9-24(2)13-16-10-22-23-19(16)15-5-7-17(8-6-15)25-18-11-20-14-21-12-18/h5-8,10-12,14H,3-4,9,13H2,1-2H3,(H,22,23). The van der Waals surface area contributed by atoms with Crippen LogP contribution in [0.15, 0.2) is 49.2 Å². The molecule has 0 aliphatic carbocycles. The third-order valence-electron chi connectivity index (χ3n) is 3.97. The summed E-state index contributed by atoms with van der Waals surface area (Å²) in [7, 11) is 2.14. The molecular formula is C19H23N5O. The molecule has 0 unspecified atom stereocenters. The Bertz CT molecular complexity index is 770. The normalized spacial score (nSPS) is 11.0. The number of hydrogen-bond donors (Lipinski definition) is 1. The molecule has 0 aliphatic rings. The van der Waals surface area contributed by atoms with Gasteiger partial charge in [0.05, 0.1) is 24.3 Å². The predicted molar refractivity (Wildman–Crippen MR) is 97.4 cm³/mol. The van der Waals surface area contributed by atoms with Crippen LogP contribution < -0.4 is 4.74 Å². The van der Waals surface area contributed by atoms with Crippen molar-refractivity contribution in [1.82, 2.24) is 25.1 Å². The first kappa shape index (κ1) is 17.1. The summed E-state index contributed by atoms with van der Waals surface area (Å²) in [5.74, 6) is 1.37. The lowest BCUT2D eigenvalue weighted by Crippen LogP contribution is -2.19. The molecule has 0 saturated heterocycles. The summed E-state index contributed by atoms with van der Waals surface area (Å²) in [6.45, 7) is 4.18. The van der Waals surface area contributed by atoms with Crippen molar-refractivity contribution in [3.05, 3.63) is 54.7 Å². The van der Waals surface area contributed by atoms with E-state index in [0.717, 1.165) is 30.1 Å². The minimum absolute atomic E-state index is 0.620. The van der Waals surface area contributed by atoms with E-state index in [1.54, 1.807) is 12.4 Å². The molecule has 2 heterocycles. The van der Waals surface area contributed by atoms with Gasteiger partial charge in [0.1, 0.15) is 12.1 Å². The molecule has 0 amide bonds. The molecule has 3 rings (SSSR count). The average molecular weight is 337 g/mol. The van der Waals surface area contributed by atoms with Gasteiger partial charge in [-0.1, -0.05) is 13.3 Å². The Morgan fingerprint density at radius 1 is 1.04 bits per heavy atom. The Kier molecular flexibility index (Phi) is 5.74. The Morgan fingerprint density at radius 2 is 1.80 bits per heavy atom. The fraction of sp³-hybridized carbons (Fsp3) is 0.316. The number of hydrogen-bond acceptors (Lipinski definition) is 5. The van der Waals surface area contributed by atoms with E-state index in [1.807, 2.05) is 30.5 Å². The molecule has 0 spiro atoms. The maximum absolute atomic E-state index is 5.73. The second kappa shape index (κ2) is 8.39. The fourth-order valence-corrected chi connectivity index (χ4v) is 2.64. The van der Waals surface area contributed by atoms with Gasteiger partial charge in [0.2, 0.25) is 0 Å². The van der Waals surface area contributed by atoms with E-state index in [-0.39, 0.29) is 0 Å². The van der Waals surface area contributed by atoms with E-state index >= 15 is 0 Å². The van der Waals surface area contributed by atoms with Gasteiger partial charge in [-0.2, -0.15) is 5.10 Å². The molecule has 0 bridgehead atoms. The van der Waals surface area contributed by atoms with Crippen molar-refractivity contribution in [3.8, 4) is 22.8 Å². The molecule has 6 heteroatoms. The highest BCUT2D eigenvalue weighted by atomic mass is 16.5. The largest absolute Gasteiger partial charge is 0.454 e. The van der Waals surface area contributed by atoms with Crippen molar-refractivity contribution in [1.29, 1.82) is 0 Å². The fourth-order valence-electron chi connectivity index (χ4n) is 2.64. The van der Waals surface area contributed by atoms with Crippen molar-refractivity contribution in [3.63, 3.8) is 0 Å². The van der Waals surface area contributed by atoms with E-state index in [9.17, 15) is 0 Å². The Hall–Kier alpha value is -2.73. The minimum atomic E-state index is 0.620. The van der Waals surface area contributed by atoms with Gasteiger partial charge in [0, 0.05) is 17.7 Å². The van der Waals surface area contributed by atoms with Crippen molar-refractivity contribution in [2.24, 2.45) is 0 Å². The minimum Gasteiger partial charge on any atom is -0.454 e. The summed E-state index contributed by atoms with van der Waals surface area (Å²) >= 11 is 0. The van der Waals surface area contributed by atoms with Gasteiger partial charge >= 0.3 is 0 Å². The molecule has 0 aliphatic heterocycles. The highest BCUT2D eigenvalue weighted by Gasteiger charge is 2.10. The highest BCUT2D eigenvalue weighted by Crippen LogP contribution is 2.26. The summed E-state index contributed by atoms with van der Waals surface area (Å²) in [6.07, 6.45) is 9.08. The van der Waals surface area contributed by atoms with Gasteiger partial charge in [0.15, 0.2) is 5.75 Å². The second-order valence-electron chi connectivity index (χ2n) is 6.06. The highest BCUT2D eigenvalue weighted by molar-refractivity contribution is 5.63. The van der Waals surface area contributed by atoms with E-state index in [2.05, 4.69) is 39.0 Å². The number of benzene rings is 1. The summed E-state index contributed by atoms with van der Waals surface area (Å²) in [6, 6.07) is 7.94. The maximum atomic E-state index is 5.73. The van der Waals surface area contributed by atoms with Crippen LogP contribution in [0.25, 0.3) is 11.3 Å².